The normalized spacial score (nSPS) is 12.4. The van der Waals surface area contributed by atoms with Gasteiger partial charge in [0.15, 0.2) is 0 Å². The number of nitrogens with zero attached hydrogens (tertiary/aromatic N) is 1. The lowest BCUT2D eigenvalue weighted by atomic mass is 9.99. The number of hydrogen-bond donors (Lipinski definition) is 1. The van der Waals surface area contributed by atoms with E-state index in [0.717, 1.165) is 5.56 Å². The molecule has 20 heavy (non-hydrogen) atoms. The summed E-state index contributed by atoms with van der Waals surface area (Å²) in [7, 11) is 1.72. The van der Waals surface area contributed by atoms with Crippen LogP contribution in [0.2, 0.25) is 5.02 Å². The number of likely N-dealkylation sites (N-methyl/N-ethyl adjacent to an activating group) is 1. The summed E-state index contributed by atoms with van der Waals surface area (Å²) >= 11 is 9.14. The molecule has 0 saturated heterocycles. The zero-order valence-corrected chi connectivity index (χ0v) is 13.0. The smallest absolute Gasteiger partial charge is 0.143 e. The van der Waals surface area contributed by atoms with Gasteiger partial charge >= 0.3 is 0 Å². The van der Waals surface area contributed by atoms with E-state index in [-0.39, 0.29) is 22.5 Å². The van der Waals surface area contributed by atoms with Gasteiger partial charge in [0.25, 0.3) is 0 Å². The minimum Gasteiger partial charge on any atom is -0.313 e. The van der Waals surface area contributed by atoms with Crippen LogP contribution in [0, 0.1) is 11.6 Å². The van der Waals surface area contributed by atoms with Crippen molar-refractivity contribution in [2.75, 3.05) is 7.05 Å². The maximum Gasteiger partial charge on any atom is 0.143 e. The van der Waals surface area contributed by atoms with Crippen molar-refractivity contribution in [3.05, 3.63) is 62.8 Å². The third-order valence-electron chi connectivity index (χ3n) is 3.07. The van der Waals surface area contributed by atoms with Gasteiger partial charge < -0.3 is 5.32 Å². The molecular weight excluding hydrogens is 350 g/mol. The predicted molar refractivity (Wildman–Crippen MR) is 78.8 cm³/mol. The lowest BCUT2D eigenvalue weighted by molar-refractivity contribution is 0.512. The molecule has 1 aromatic carbocycles. The van der Waals surface area contributed by atoms with Crippen LogP contribution in [0.4, 0.5) is 8.78 Å². The van der Waals surface area contributed by atoms with E-state index in [2.05, 4.69) is 26.2 Å². The third-order valence-corrected chi connectivity index (χ3v) is 4.00. The number of hydrogen-bond acceptors (Lipinski definition) is 2. The summed E-state index contributed by atoms with van der Waals surface area (Å²) in [5.74, 6) is -1.16. The van der Waals surface area contributed by atoms with E-state index in [4.69, 9.17) is 11.6 Å². The molecule has 0 radical (unpaired) electrons. The zero-order chi connectivity index (χ0) is 14.7. The van der Waals surface area contributed by atoms with Gasteiger partial charge in [0.1, 0.15) is 11.6 Å². The first kappa shape index (κ1) is 15.4. The SMILES string of the molecule is CNC(Cc1c(F)ccc(Br)c1F)c1ccncc1Cl. The van der Waals surface area contributed by atoms with Gasteiger partial charge in [0, 0.05) is 24.0 Å². The maximum atomic E-state index is 14.0. The molecule has 1 heterocycles. The first-order valence-corrected chi connectivity index (χ1v) is 7.10. The highest BCUT2D eigenvalue weighted by atomic mass is 79.9. The number of halogens is 4. The van der Waals surface area contributed by atoms with Gasteiger partial charge in [-0.1, -0.05) is 11.6 Å². The average Bonchev–Trinajstić information content (AvgIpc) is 2.45. The van der Waals surface area contributed by atoms with Crippen LogP contribution in [0.5, 0.6) is 0 Å². The number of benzene rings is 1. The molecule has 1 atom stereocenters. The zero-order valence-electron chi connectivity index (χ0n) is 10.6. The minimum absolute atomic E-state index is 0.0200. The van der Waals surface area contributed by atoms with Gasteiger partial charge in [0.05, 0.1) is 9.50 Å². The number of pyridine rings is 1. The largest absolute Gasteiger partial charge is 0.313 e. The molecule has 2 nitrogen and oxygen atoms in total. The summed E-state index contributed by atoms with van der Waals surface area (Å²) in [5.41, 5.74) is 0.773. The van der Waals surface area contributed by atoms with E-state index in [1.54, 1.807) is 19.3 Å². The minimum atomic E-state index is -0.588. The van der Waals surface area contributed by atoms with Crippen LogP contribution < -0.4 is 5.32 Å². The summed E-state index contributed by atoms with van der Waals surface area (Å²) in [6.45, 7) is 0. The molecule has 0 fully saturated rings. The Labute approximate surface area is 129 Å². The Hall–Kier alpha value is -1.04. The molecule has 0 spiro atoms. The molecule has 0 amide bonds. The van der Waals surface area contributed by atoms with Gasteiger partial charge in [-0.25, -0.2) is 8.78 Å². The van der Waals surface area contributed by atoms with Crippen molar-refractivity contribution in [1.29, 1.82) is 0 Å². The number of nitrogens with one attached hydrogen (secondary N) is 1. The Morgan fingerprint density at radius 3 is 2.75 bits per heavy atom. The Bertz CT molecular complexity index is 622. The summed E-state index contributed by atoms with van der Waals surface area (Å²) in [6, 6.07) is 4.02. The van der Waals surface area contributed by atoms with Gasteiger partial charge in [-0.2, -0.15) is 0 Å². The van der Waals surface area contributed by atoms with E-state index < -0.39 is 11.6 Å². The summed E-state index contributed by atoms with van der Waals surface area (Å²) < 4.78 is 28.1. The van der Waals surface area contributed by atoms with Crippen molar-refractivity contribution in [1.82, 2.24) is 10.3 Å². The average molecular weight is 362 g/mol. The van der Waals surface area contributed by atoms with Crippen molar-refractivity contribution < 1.29 is 8.78 Å². The predicted octanol–water partition coefficient (Wildman–Crippen LogP) is 4.28. The van der Waals surface area contributed by atoms with Crippen molar-refractivity contribution in [3.63, 3.8) is 0 Å². The van der Waals surface area contributed by atoms with E-state index in [1.807, 2.05) is 0 Å². The van der Waals surface area contributed by atoms with Gasteiger partial charge in [-0.3, -0.25) is 4.98 Å². The molecule has 1 N–H and O–H groups in total. The molecule has 1 unspecified atom stereocenters. The number of rotatable bonds is 4. The van der Waals surface area contributed by atoms with E-state index in [9.17, 15) is 8.78 Å². The second-order valence-electron chi connectivity index (χ2n) is 4.26. The molecule has 2 aromatic rings. The summed E-state index contributed by atoms with van der Waals surface area (Å²) in [5, 5.41) is 3.48. The fourth-order valence-corrected chi connectivity index (χ4v) is 2.62. The van der Waals surface area contributed by atoms with Crippen LogP contribution in [-0.2, 0) is 6.42 Å². The molecule has 0 saturated carbocycles. The highest BCUT2D eigenvalue weighted by molar-refractivity contribution is 9.10. The quantitative estimate of drug-likeness (QED) is 0.822. The van der Waals surface area contributed by atoms with Crippen LogP contribution in [0.1, 0.15) is 17.2 Å². The first-order valence-electron chi connectivity index (χ1n) is 5.93. The fourth-order valence-electron chi connectivity index (χ4n) is 2.00. The highest BCUT2D eigenvalue weighted by Gasteiger charge is 2.19. The third kappa shape index (κ3) is 3.16. The molecule has 1 aromatic heterocycles. The van der Waals surface area contributed by atoms with Gasteiger partial charge in [0.2, 0.25) is 0 Å². The Kier molecular flexibility index (Phi) is 5.07. The molecule has 0 aliphatic heterocycles. The monoisotopic (exact) mass is 360 g/mol. The highest BCUT2D eigenvalue weighted by Crippen LogP contribution is 2.29. The molecule has 0 aliphatic carbocycles. The maximum absolute atomic E-state index is 14.0. The van der Waals surface area contributed by atoms with Crippen LogP contribution in [0.3, 0.4) is 0 Å². The van der Waals surface area contributed by atoms with Crippen LogP contribution in [0.15, 0.2) is 35.1 Å². The van der Waals surface area contributed by atoms with E-state index >= 15 is 0 Å². The lowest BCUT2D eigenvalue weighted by Gasteiger charge is -2.18. The topological polar surface area (TPSA) is 24.9 Å². The molecule has 106 valence electrons. The standard InChI is InChI=1S/C14H12BrClF2N2/c1-19-13(8-4-5-20-7-11(8)16)6-9-12(17)3-2-10(15)14(9)18/h2-5,7,13,19H,6H2,1H3. The Morgan fingerprint density at radius 1 is 1.35 bits per heavy atom. The van der Waals surface area contributed by atoms with Crippen molar-refractivity contribution >= 4 is 27.5 Å². The lowest BCUT2D eigenvalue weighted by Crippen LogP contribution is -2.20. The molecular formula is C14H12BrClF2N2. The van der Waals surface area contributed by atoms with Gasteiger partial charge in [-0.15, -0.1) is 0 Å². The molecule has 0 bridgehead atoms. The second-order valence-corrected chi connectivity index (χ2v) is 5.53. The van der Waals surface area contributed by atoms with Crippen LogP contribution >= 0.6 is 27.5 Å². The molecule has 6 heteroatoms. The van der Waals surface area contributed by atoms with Crippen LogP contribution in [-0.4, -0.2) is 12.0 Å². The van der Waals surface area contributed by atoms with Crippen molar-refractivity contribution in [2.24, 2.45) is 0 Å². The molecule has 0 aliphatic rings. The van der Waals surface area contributed by atoms with Crippen molar-refractivity contribution in [3.8, 4) is 0 Å². The van der Waals surface area contributed by atoms with Crippen LogP contribution in [0.25, 0.3) is 0 Å². The Balaban J connectivity index is 2.37. The second kappa shape index (κ2) is 6.61. The fraction of sp³-hybridized carbons (Fsp3) is 0.214. The summed E-state index contributed by atoms with van der Waals surface area (Å²) in [6.07, 6.45) is 3.26. The summed E-state index contributed by atoms with van der Waals surface area (Å²) in [4.78, 5) is 3.90. The molecule has 2 rings (SSSR count). The van der Waals surface area contributed by atoms with E-state index in [1.165, 1.54) is 18.3 Å². The number of aromatic nitrogens is 1. The van der Waals surface area contributed by atoms with Crippen molar-refractivity contribution in [2.45, 2.75) is 12.5 Å². The van der Waals surface area contributed by atoms with Gasteiger partial charge in [-0.05, 0) is 53.2 Å². The Morgan fingerprint density at radius 2 is 2.10 bits per heavy atom. The first-order chi connectivity index (χ1) is 9.54. The van der Waals surface area contributed by atoms with E-state index in [0.29, 0.717) is 5.02 Å².